The minimum atomic E-state index is 0.261. The van der Waals surface area contributed by atoms with Gasteiger partial charge in [0.2, 0.25) is 0 Å². The largest absolute Gasteiger partial charge is 0.329 e. The van der Waals surface area contributed by atoms with Crippen molar-refractivity contribution in [3.63, 3.8) is 0 Å². The van der Waals surface area contributed by atoms with E-state index in [1.165, 1.54) is 25.7 Å². The lowest BCUT2D eigenvalue weighted by Crippen LogP contribution is -2.54. The van der Waals surface area contributed by atoms with E-state index in [1.807, 2.05) is 6.08 Å². The number of hydrogen-bond acceptors (Lipinski definition) is 2. The average Bonchev–Trinajstić information content (AvgIpc) is 2.74. The Hall–Kier alpha value is -0.340. The van der Waals surface area contributed by atoms with Gasteiger partial charge in [0.05, 0.1) is 0 Å². The number of nitrogens with one attached hydrogen (secondary N) is 1. The van der Waals surface area contributed by atoms with Crippen molar-refractivity contribution in [2.75, 3.05) is 13.1 Å². The molecule has 0 saturated heterocycles. The van der Waals surface area contributed by atoms with E-state index in [-0.39, 0.29) is 5.54 Å². The summed E-state index contributed by atoms with van der Waals surface area (Å²) in [5.74, 6) is 1.79. The molecule has 0 aromatic carbocycles. The lowest BCUT2D eigenvalue weighted by molar-refractivity contribution is 0.223. The molecule has 2 fully saturated rings. The zero-order valence-corrected chi connectivity index (χ0v) is 8.26. The van der Waals surface area contributed by atoms with Gasteiger partial charge in [0, 0.05) is 18.6 Å². The van der Waals surface area contributed by atoms with E-state index in [1.54, 1.807) is 0 Å². The van der Waals surface area contributed by atoms with E-state index in [4.69, 9.17) is 5.73 Å². The van der Waals surface area contributed by atoms with Crippen molar-refractivity contribution in [2.24, 2.45) is 17.6 Å². The van der Waals surface area contributed by atoms with Crippen LogP contribution in [0, 0.1) is 11.8 Å². The van der Waals surface area contributed by atoms with Crippen LogP contribution in [0.1, 0.15) is 25.7 Å². The molecular weight excluding hydrogens is 160 g/mol. The fourth-order valence-electron chi connectivity index (χ4n) is 3.26. The standard InChI is InChI=1S/C11H20N2/c1-2-5-13-11(8-12)7-9-3-4-10(11)6-9/h2,9-10,13H,1,3-8,12H2. The van der Waals surface area contributed by atoms with Gasteiger partial charge >= 0.3 is 0 Å². The maximum absolute atomic E-state index is 5.90. The first-order chi connectivity index (χ1) is 6.30. The van der Waals surface area contributed by atoms with E-state index in [0.717, 1.165) is 24.9 Å². The van der Waals surface area contributed by atoms with Crippen molar-refractivity contribution in [1.82, 2.24) is 5.32 Å². The van der Waals surface area contributed by atoms with Crippen LogP contribution in [0.15, 0.2) is 12.7 Å². The van der Waals surface area contributed by atoms with Crippen LogP contribution in [0.5, 0.6) is 0 Å². The summed E-state index contributed by atoms with van der Waals surface area (Å²) in [5.41, 5.74) is 6.16. The fourth-order valence-corrected chi connectivity index (χ4v) is 3.26. The zero-order chi connectivity index (χ0) is 9.31. The summed E-state index contributed by atoms with van der Waals surface area (Å²) in [6.07, 6.45) is 7.45. The number of nitrogens with two attached hydrogens (primary N) is 1. The highest BCUT2D eigenvalue weighted by atomic mass is 15.0. The van der Waals surface area contributed by atoms with Crippen LogP contribution in [-0.4, -0.2) is 18.6 Å². The quantitative estimate of drug-likeness (QED) is 0.640. The lowest BCUT2D eigenvalue weighted by Gasteiger charge is -2.37. The second kappa shape index (κ2) is 3.43. The van der Waals surface area contributed by atoms with E-state index in [2.05, 4.69) is 11.9 Å². The first kappa shape index (κ1) is 9.22. The third kappa shape index (κ3) is 1.42. The Morgan fingerprint density at radius 2 is 2.38 bits per heavy atom. The molecule has 74 valence electrons. The smallest absolute Gasteiger partial charge is 0.0337 e. The maximum atomic E-state index is 5.90. The summed E-state index contributed by atoms with van der Waals surface area (Å²) >= 11 is 0. The molecule has 3 atom stereocenters. The summed E-state index contributed by atoms with van der Waals surface area (Å²) in [6, 6.07) is 0. The van der Waals surface area contributed by atoms with Crippen LogP contribution in [-0.2, 0) is 0 Å². The Balaban J connectivity index is 2.03. The highest BCUT2D eigenvalue weighted by Crippen LogP contribution is 2.50. The molecule has 3 N–H and O–H groups in total. The second-order valence-electron chi connectivity index (χ2n) is 4.61. The first-order valence-electron chi connectivity index (χ1n) is 5.37. The van der Waals surface area contributed by atoms with E-state index in [9.17, 15) is 0 Å². The lowest BCUT2D eigenvalue weighted by atomic mass is 9.81. The summed E-state index contributed by atoms with van der Waals surface area (Å²) in [5, 5.41) is 3.58. The average molecular weight is 180 g/mol. The molecule has 2 heteroatoms. The normalized spacial score (nSPS) is 42.5. The summed E-state index contributed by atoms with van der Waals surface area (Å²) in [7, 11) is 0. The van der Waals surface area contributed by atoms with E-state index >= 15 is 0 Å². The van der Waals surface area contributed by atoms with Crippen molar-refractivity contribution in [3.8, 4) is 0 Å². The van der Waals surface area contributed by atoms with Gasteiger partial charge in [0.25, 0.3) is 0 Å². The molecule has 3 unspecified atom stereocenters. The predicted molar refractivity (Wildman–Crippen MR) is 55.4 cm³/mol. The Bertz CT molecular complexity index is 202. The first-order valence-corrected chi connectivity index (χ1v) is 5.37. The Morgan fingerprint density at radius 1 is 1.54 bits per heavy atom. The molecule has 2 aliphatic rings. The Morgan fingerprint density at radius 3 is 2.85 bits per heavy atom. The minimum Gasteiger partial charge on any atom is -0.329 e. The van der Waals surface area contributed by atoms with Gasteiger partial charge in [0.1, 0.15) is 0 Å². The van der Waals surface area contributed by atoms with Gasteiger partial charge in [-0.2, -0.15) is 0 Å². The molecule has 0 radical (unpaired) electrons. The highest BCUT2D eigenvalue weighted by molar-refractivity contribution is 5.07. The van der Waals surface area contributed by atoms with Gasteiger partial charge in [-0.25, -0.2) is 0 Å². The van der Waals surface area contributed by atoms with Gasteiger partial charge in [-0.05, 0) is 31.1 Å². The van der Waals surface area contributed by atoms with Gasteiger partial charge in [-0.3, -0.25) is 0 Å². The second-order valence-corrected chi connectivity index (χ2v) is 4.61. The molecule has 2 nitrogen and oxygen atoms in total. The number of fused-ring (bicyclic) bond motifs is 2. The molecule has 2 saturated carbocycles. The van der Waals surface area contributed by atoms with Gasteiger partial charge in [-0.15, -0.1) is 6.58 Å². The molecule has 0 aromatic heterocycles. The molecule has 0 aromatic rings. The third-order valence-electron chi connectivity index (χ3n) is 3.94. The van der Waals surface area contributed by atoms with Gasteiger partial charge < -0.3 is 11.1 Å². The van der Waals surface area contributed by atoms with Crippen molar-refractivity contribution in [1.29, 1.82) is 0 Å². The summed E-state index contributed by atoms with van der Waals surface area (Å²) in [4.78, 5) is 0. The van der Waals surface area contributed by atoms with Crippen LogP contribution >= 0.6 is 0 Å². The number of hydrogen-bond donors (Lipinski definition) is 2. The van der Waals surface area contributed by atoms with Crippen LogP contribution in [0.4, 0.5) is 0 Å². The minimum absolute atomic E-state index is 0.261. The SMILES string of the molecule is C=CCNC1(CN)CC2CCC1C2. The van der Waals surface area contributed by atoms with E-state index < -0.39 is 0 Å². The Labute approximate surface area is 80.6 Å². The predicted octanol–water partition coefficient (Wildman–Crippen LogP) is 1.28. The molecule has 0 heterocycles. The van der Waals surface area contributed by atoms with Crippen LogP contribution in [0.2, 0.25) is 0 Å². The number of rotatable bonds is 4. The molecule has 2 bridgehead atoms. The van der Waals surface area contributed by atoms with Gasteiger partial charge in [0.15, 0.2) is 0 Å². The molecule has 0 aliphatic heterocycles. The molecule has 13 heavy (non-hydrogen) atoms. The van der Waals surface area contributed by atoms with Crippen LogP contribution in [0.3, 0.4) is 0 Å². The summed E-state index contributed by atoms with van der Waals surface area (Å²) in [6.45, 7) is 5.44. The topological polar surface area (TPSA) is 38.0 Å². The molecule has 0 spiro atoms. The van der Waals surface area contributed by atoms with Crippen molar-refractivity contribution in [3.05, 3.63) is 12.7 Å². The van der Waals surface area contributed by atoms with Crippen molar-refractivity contribution >= 4 is 0 Å². The highest BCUT2D eigenvalue weighted by Gasteiger charge is 2.49. The van der Waals surface area contributed by atoms with Crippen LogP contribution in [0.25, 0.3) is 0 Å². The Kier molecular flexibility index (Phi) is 2.43. The zero-order valence-electron chi connectivity index (χ0n) is 8.26. The van der Waals surface area contributed by atoms with Crippen molar-refractivity contribution in [2.45, 2.75) is 31.2 Å². The van der Waals surface area contributed by atoms with Crippen LogP contribution < -0.4 is 11.1 Å². The fraction of sp³-hybridized carbons (Fsp3) is 0.818. The third-order valence-corrected chi connectivity index (χ3v) is 3.94. The molecule has 2 aliphatic carbocycles. The molecule has 2 rings (SSSR count). The maximum Gasteiger partial charge on any atom is 0.0337 e. The van der Waals surface area contributed by atoms with Crippen molar-refractivity contribution < 1.29 is 0 Å². The summed E-state index contributed by atoms with van der Waals surface area (Å²) < 4.78 is 0. The van der Waals surface area contributed by atoms with Gasteiger partial charge in [-0.1, -0.05) is 12.5 Å². The molecular formula is C11H20N2. The molecule has 0 amide bonds. The van der Waals surface area contributed by atoms with E-state index in [0.29, 0.717) is 0 Å². The monoisotopic (exact) mass is 180 g/mol.